The molecule has 0 fully saturated rings. The third-order valence-electron chi connectivity index (χ3n) is 2.03. The van der Waals surface area contributed by atoms with Gasteiger partial charge in [-0.1, -0.05) is 0 Å². The first-order valence-electron chi connectivity index (χ1n) is 4.23. The van der Waals surface area contributed by atoms with E-state index in [0.717, 1.165) is 0 Å². The maximum atomic E-state index is 11.6. The quantitative estimate of drug-likeness (QED) is 0.717. The summed E-state index contributed by atoms with van der Waals surface area (Å²) in [6, 6.07) is 1.83. The van der Waals surface area contributed by atoms with E-state index in [9.17, 15) is 4.79 Å². The molecule has 0 saturated heterocycles. The van der Waals surface area contributed by atoms with Crippen LogP contribution in [0.1, 0.15) is 24.3 Å². The molecule has 0 atom stereocenters. The molecule has 1 heterocycles. The van der Waals surface area contributed by atoms with Gasteiger partial charge < -0.3 is 15.6 Å². The summed E-state index contributed by atoms with van der Waals surface area (Å²) in [5, 5.41) is 0. The van der Waals surface area contributed by atoms with Crippen molar-refractivity contribution in [3.05, 3.63) is 18.0 Å². The highest BCUT2D eigenvalue weighted by atomic mass is 16.2. The van der Waals surface area contributed by atoms with Crippen LogP contribution >= 0.6 is 0 Å². The summed E-state index contributed by atoms with van der Waals surface area (Å²) in [6.45, 7) is 3.92. The highest BCUT2D eigenvalue weighted by Crippen LogP contribution is 2.08. The van der Waals surface area contributed by atoms with Crippen LogP contribution in [-0.2, 0) is 0 Å². The lowest BCUT2D eigenvalue weighted by Gasteiger charge is -2.20. The second kappa shape index (κ2) is 3.51. The number of carbonyl (C=O) groups excluding carboxylic acids is 1. The van der Waals surface area contributed by atoms with Gasteiger partial charge >= 0.3 is 0 Å². The summed E-state index contributed by atoms with van der Waals surface area (Å²) in [5.74, 6) is -0.0355. The molecule has 0 radical (unpaired) electrons. The second-order valence-corrected chi connectivity index (χ2v) is 3.36. The average molecular weight is 181 g/mol. The molecule has 0 unspecified atom stereocenters. The highest BCUT2D eigenvalue weighted by molar-refractivity contribution is 5.93. The number of aromatic amines is 1. The Kier molecular flexibility index (Phi) is 2.60. The van der Waals surface area contributed by atoms with E-state index in [4.69, 9.17) is 5.73 Å². The molecule has 4 heteroatoms. The number of H-pyrrole nitrogens is 1. The van der Waals surface area contributed by atoms with Gasteiger partial charge in [-0.05, 0) is 19.9 Å². The molecule has 0 spiro atoms. The van der Waals surface area contributed by atoms with Crippen LogP contribution in [-0.4, -0.2) is 28.9 Å². The van der Waals surface area contributed by atoms with Gasteiger partial charge in [0.25, 0.3) is 5.91 Å². The first-order valence-corrected chi connectivity index (χ1v) is 4.23. The van der Waals surface area contributed by atoms with Crippen LogP contribution in [0.25, 0.3) is 0 Å². The van der Waals surface area contributed by atoms with Gasteiger partial charge in [-0.2, -0.15) is 0 Å². The molecule has 0 aliphatic rings. The molecule has 0 aliphatic heterocycles. The summed E-state index contributed by atoms with van der Waals surface area (Å²) < 4.78 is 0. The monoisotopic (exact) mass is 181 g/mol. The zero-order valence-corrected chi connectivity index (χ0v) is 8.16. The number of amides is 1. The fraction of sp³-hybridized carbons (Fsp3) is 0.444. The summed E-state index contributed by atoms with van der Waals surface area (Å²) in [7, 11) is 1.77. The van der Waals surface area contributed by atoms with Crippen LogP contribution in [0.2, 0.25) is 0 Å². The van der Waals surface area contributed by atoms with Crippen molar-refractivity contribution in [3.8, 4) is 0 Å². The van der Waals surface area contributed by atoms with E-state index in [-0.39, 0.29) is 11.9 Å². The Hall–Kier alpha value is -1.45. The van der Waals surface area contributed by atoms with Crippen molar-refractivity contribution in [2.24, 2.45) is 0 Å². The lowest BCUT2D eigenvalue weighted by molar-refractivity contribution is 0.0750. The Morgan fingerprint density at radius 1 is 1.62 bits per heavy atom. The number of hydrogen-bond donors (Lipinski definition) is 2. The van der Waals surface area contributed by atoms with Crippen molar-refractivity contribution in [1.29, 1.82) is 0 Å². The molecule has 3 N–H and O–H groups in total. The van der Waals surface area contributed by atoms with Gasteiger partial charge in [-0.25, -0.2) is 0 Å². The number of nitrogens with one attached hydrogen (secondary N) is 1. The smallest absolute Gasteiger partial charge is 0.270 e. The number of nitrogens with zero attached hydrogens (tertiary/aromatic N) is 1. The first-order chi connectivity index (χ1) is 6.02. The van der Waals surface area contributed by atoms with E-state index in [1.54, 1.807) is 24.2 Å². The van der Waals surface area contributed by atoms with Crippen molar-refractivity contribution in [2.75, 3.05) is 12.8 Å². The SMILES string of the molecule is CC(C)N(C)C(=O)c1cc(N)c[nH]1. The summed E-state index contributed by atoms with van der Waals surface area (Å²) in [5.41, 5.74) is 6.61. The average Bonchev–Trinajstić information content (AvgIpc) is 2.49. The van der Waals surface area contributed by atoms with E-state index in [1.165, 1.54) is 0 Å². The van der Waals surface area contributed by atoms with Crippen LogP contribution < -0.4 is 5.73 Å². The molecule has 1 aromatic rings. The largest absolute Gasteiger partial charge is 0.397 e. The van der Waals surface area contributed by atoms with Crippen molar-refractivity contribution >= 4 is 11.6 Å². The fourth-order valence-corrected chi connectivity index (χ4v) is 0.959. The van der Waals surface area contributed by atoms with E-state index < -0.39 is 0 Å². The predicted octanol–water partition coefficient (Wildman–Crippen LogP) is 1.08. The summed E-state index contributed by atoms with van der Waals surface area (Å²) >= 11 is 0. The molecule has 0 aromatic carbocycles. The lowest BCUT2D eigenvalue weighted by atomic mass is 10.3. The first kappa shape index (κ1) is 9.64. The minimum absolute atomic E-state index is 0.0355. The number of aromatic nitrogens is 1. The van der Waals surface area contributed by atoms with Crippen molar-refractivity contribution in [2.45, 2.75) is 19.9 Å². The molecule has 0 bridgehead atoms. The number of anilines is 1. The Bertz CT molecular complexity index is 304. The molecule has 1 aromatic heterocycles. The van der Waals surface area contributed by atoms with E-state index in [1.807, 2.05) is 13.8 Å². The number of nitrogen functional groups attached to an aromatic ring is 1. The third kappa shape index (κ3) is 2.02. The van der Waals surface area contributed by atoms with Crippen LogP contribution in [0.5, 0.6) is 0 Å². The van der Waals surface area contributed by atoms with Crippen LogP contribution in [0, 0.1) is 0 Å². The minimum Gasteiger partial charge on any atom is -0.397 e. The highest BCUT2D eigenvalue weighted by Gasteiger charge is 2.15. The lowest BCUT2D eigenvalue weighted by Crippen LogP contribution is -2.33. The number of carbonyl (C=O) groups is 1. The topological polar surface area (TPSA) is 62.1 Å². The molecule has 1 rings (SSSR count). The molecular formula is C9H15N3O. The van der Waals surface area contributed by atoms with Crippen molar-refractivity contribution in [1.82, 2.24) is 9.88 Å². The van der Waals surface area contributed by atoms with E-state index in [2.05, 4.69) is 4.98 Å². The molecule has 0 saturated carbocycles. The van der Waals surface area contributed by atoms with Gasteiger partial charge in [0.1, 0.15) is 5.69 Å². The van der Waals surface area contributed by atoms with Gasteiger partial charge in [-0.3, -0.25) is 4.79 Å². The van der Waals surface area contributed by atoms with Crippen molar-refractivity contribution in [3.63, 3.8) is 0 Å². The standard InChI is InChI=1S/C9H15N3O/c1-6(2)12(3)9(13)8-4-7(10)5-11-8/h4-6,11H,10H2,1-3H3. The Balaban J connectivity index is 2.79. The van der Waals surface area contributed by atoms with Gasteiger partial charge in [0.15, 0.2) is 0 Å². The Morgan fingerprint density at radius 3 is 2.62 bits per heavy atom. The van der Waals surface area contributed by atoms with Gasteiger partial charge in [-0.15, -0.1) is 0 Å². The second-order valence-electron chi connectivity index (χ2n) is 3.36. The maximum Gasteiger partial charge on any atom is 0.270 e. The van der Waals surface area contributed by atoms with Crippen LogP contribution in [0.3, 0.4) is 0 Å². The zero-order chi connectivity index (χ0) is 10.0. The van der Waals surface area contributed by atoms with Crippen molar-refractivity contribution < 1.29 is 4.79 Å². The summed E-state index contributed by atoms with van der Waals surface area (Å²) in [4.78, 5) is 16.1. The maximum absolute atomic E-state index is 11.6. The minimum atomic E-state index is -0.0355. The Labute approximate surface area is 77.7 Å². The number of hydrogen-bond acceptors (Lipinski definition) is 2. The number of nitrogens with two attached hydrogens (primary N) is 1. The molecular weight excluding hydrogens is 166 g/mol. The molecule has 1 amide bonds. The molecule has 13 heavy (non-hydrogen) atoms. The third-order valence-corrected chi connectivity index (χ3v) is 2.03. The Morgan fingerprint density at radius 2 is 2.23 bits per heavy atom. The van der Waals surface area contributed by atoms with E-state index in [0.29, 0.717) is 11.4 Å². The molecule has 0 aliphatic carbocycles. The van der Waals surface area contributed by atoms with Gasteiger partial charge in [0.05, 0.1) is 0 Å². The summed E-state index contributed by atoms with van der Waals surface area (Å²) in [6.07, 6.45) is 1.61. The number of rotatable bonds is 2. The zero-order valence-electron chi connectivity index (χ0n) is 8.16. The van der Waals surface area contributed by atoms with Gasteiger partial charge in [0.2, 0.25) is 0 Å². The molecule has 4 nitrogen and oxygen atoms in total. The molecule has 72 valence electrons. The van der Waals surface area contributed by atoms with E-state index >= 15 is 0 Å². The van der Waals surface area contributed by atoms with Crippen LogP contribution in [0.15, 0.2) is 12.3 Å². The van der Waals surface area contributed by atoms with Gasteiger partial charge in [0, 0.05) is 25.0 Å². The fourth-order valence-electron chi connectivity index (χ4n) is 0.959. The predicted molar refractivity (Wildman–Crippen MR) is 52.4 cm³/mol. The normalized spacial score (nSPS) is 10.5. The van der Waals surface area contributed by atoms with Crippen LogP contribution in [0.4, 0.5) is 5.69 Å².